The number of rotatable bonds is 0. The molecule has 1 amide bonds. The van der Waals surface area contributed by atoms with Crippen LogP contribution in [0.3, 0.4) is 0 Å². The van der Waals surface area contributed by atoms with Crippen LogP contribution in [-0.2, 0) is 14.8 Å². The molecule has 0 spiro atoms. The average molecular weight is 231 g/mol. The van der Waals surface area contributed by atoms with Gasteiger partial charge in [-0.1, -0.05) is 0 Å². The van der Waals surface area contributed by atoms with Crippen molar-refractivity contribution < 1.29 is 13.2 Å². The minimum Gasteiger partial charge on any atom is -0.268 e. The second kappa shape index (κ2) is 2.58. The molecule has 0 radical (unpaired) electrons. The van der Waals surface area contributed by atoms with Crippen molar-refractivity contribution in [2.24, 2.45) is 0 Å². The van der Waals surface area contributed by atoms with E-state index in [1.54, 1.807) is 24.6 Å². The van der Waals surface area contributed by atoms with Crippen LogP contribution in [0.1, 0.15) is 29.8 Å². The van der Waals surface area contributed by atoms with Crippen LogP contribution in [0.5, 0.6) is 0 Å². The fourth-order valence-electron chi connectivity index (χ4n) is 1.39. The van der Waals surface area contributed by atoms with E-state index >= 15 is 0 Å². The van der Waals surface area contributed by atoms with Gasteiger partial charge in [-0.3, -0.25) is 4.79 Å². The number of nitrogens with one attached hydrogen (secondary N) is 1. The third kappa shape index (κ3) is 1.04. The Kier molecular flexibility index (Phi) is 1.78. The summed E-state index contributed by atoms with van der Waals surface area (Å²) >= 11 is 1.34. The van der Waals surface area contributed by atoms with E-state index in [-0.39, 0.29) is 0 Å². The third-order valence-corrected chi connectivity index (χ3v) is 5.22. The van der Waals surface area contributed by atoms with Crippen LogP contribution in [0.25, 0.3) is 0 Å². The highest BCUT2D eigenvalue weighted by molar-refractivity contribution is 7.91. The molecule has 0 bridgehead atoms. The number of thiophene rings is 1. The van der Waals surface area contributed by atoms with E-state index in [1.807, 2.05) is 4.72 Å². The molecule has 6 heteroatoms. The van der Waals surface area contributed by atoms with E-state index in [2.05, 4.69) is 0 Å². The van der Waals surface area contributed by atoms with Crippen molar-refractivity contribution in [3.05, 3.63) is 21.9 Å². The van der Waals surface area contributed by atoms with E-state index in [1.165, 1.54) is 11.3 Å². The second-order valence-electron chi connectivity index (χ2n) is 3.64. The van der Waals surface area contributed by atoms with Crippen LogP contribution in [0, 0.1) is 0 Å². The van der Waals surface area contributed by atoms with E-state index in [0.717, 1.165) is 0 Å². The maximum atomic E-state index is 11.6. The Morgan fingerprint density at radius 3 is 2.64 bits per heavy atom. The molecular weight excluding hydrogens is 222 g/mol. The molecule has 0 saturated carbocycles. The van der Waals surface area contributed by atoms with E-state index < -0.39 is 20.7 Å². The van der Waals surface area contributed by atoms with Crippen molar-refractivity contribution in [3.63, 3.8) is 0 Å². The summed E-state index contributed by atoms with van der Waals surface area (Å²) in [4.78, 5) is 11.4. The number of amides is 1. The first-order valence-electron chi connectivity index (χ1n) is 3.99. The Bertz CT molecular complexity index is 498. The Labute approximate surface area is 86.0 Å². The predicted molar refractivity (Wildman–Crippen MR) is 53.7 cm³/mol. The Morgan fingerprint density at radius 1 is 1.36 bits per heavy atom. The zero-order valence-corrected chi connectivity index (χ0v) is 9.33. The van der Waals surface area contributed by atoms with Gasteiger partial charge in [0.05, 0.1) is 5.56 Å². The highest BCUT2D eigenvalue weighted by Crippen LogP contribution is 2.36. The van der Waals surface area contributed by atoms with Crippen molar-refractivity contribution in [2.75, 3.05) is 0 Å². The average Bonchev–Trinajstić information content (AvgIpc) is 2.48. The van der Waals surface area contributed by atoms with Crippen molar-refractivity contribution in [1.29, 1.82) is 0 Å². The smallest absolute Gasteiger partial charge is 0.265 e. The fraction of sp³-hybridized carbons (Fsp3) is 0.375. The summed E-state index contributed by atoms with van der Waals surface area (Å²) in [5.74, 6) is -0.527. The fourth-order valence-corrected chi connectivity index (χ4v) is 3.53. The molecule has 2 rings (SSSR count). The zero-order chi connectivity index (χ0) is 10.6. The molecule has 0 aliphatic carbocycles. The highest BCUT2D eigenvalue weighted by Gasteiger charge is 2.44. The van der Waals surface area contributed by atoms with Crippen molar-refractivity contribution in [1.82, 2.24) is 4.72 Å². The molecule has 0 fully saturated rings. The van der Waals surface area contributed by atoms with Crippen LogP contribution >= 0.6 is 11.3 Å². The number of hydrogen-bond donors (Lipinski definition) is 1. The first-order chi connectivity index (χ1) is 6.36. The monoisotopic (exact) mass is 231 g/mol. The summed E-state index contributed by atoms with van der Waals surface area (Å²) in [6, 6.07) is 0. The number of sulfonamides is 1. The second-order valence-corrected chi connectivity index (χ2v) is 6.62. The van der Waals surface area contributed by atoms with Gasteiger partial charge in [0.15, 0.2) is 0 Å². The molecule has 1 aliphatic rings. The molecule has 1 aliphatic heterocycles. The minimum atomic E-state index is -3.59. The van der Waals surface area contributed by atoms with Gasteiger partial charge in [-0.05, 0) is 24.8 Å². The standard InChI is InChI=1S/C8H9NO3S2/c1-8(2)6-4-13-3-5(6)7(10)9-14(8,11)12/h3-4H,1-2H3,(H,9,10). The molecular formula is C8H9NO3S2. The number of fused-ring (bicyclic) bond motifs is 1. The summed E-state index contributed by atoms with van der Waals surface area (Å²) in [5.41, 5.74) is 1.06. The summed E-state index contributed by atoms with van der Waals surface area (Å²) in [5, 5.41) is 3.38. The molecule has 4 nitrogen and oxygen atoms in total. The van der Waals surface area contributed by atoms with Crippen LogP contribution in [0.4, 0.5) is 0 Å². The molecule has 0 aromatic carbocycles. The predicted octanol–water partition coefficient (Wildman–Crippen LogP) is 1.06. The van der Waals surface area contributed by atoms with Gasteiger partial charge >= 0.3 is 0 Å². The topological polar surface area (TPSA) is 63.2 Å². The van der Waals surface area contributed by atoms with Crippen LogP contribution < -0.4 is 4.72 Å². The molecule has 0 unspecified atom stereocenters. The maximum Gasteiger partial charge on any atom is 0.265 e. The number of carbonyl (C=O) groups excluding carboxylic acids is 1. The quantitative estimate of drug-likeness (QED) is 0.726. The normalized spacial score (nSPS) is 22.6. The summed E-state index contributed by atoms with van der Waals surface area (Å²) in [6.45, 7) is 3.18. The lowest BCUT2D eigenvalue weighted by atomic mass is 10.0. The van der Waals surface area contributed by atoms with Crippen molar-refractivity contribution >= 4 is 27.3 Å². The summed E-state index contributed by atoms with van der Waals surface area (Å²) in [7, 11) is -3.59. The molecule has 14 heavy (non-hydrogen) atoms. The lowest BCUT2D eigenvalue weighted by Crippen LogP contribution is -2.47. The molecule has 0 atom stereocenters. The number of carbonyl (C=O) groups is 1. The van der Waals surface area contributed by atoms with Gasteiger partial charge in [0.1, 0.15) is 4.75 Å². The Balaban J connectivity index is 2.77. The van der Waals surface area contributed by atoms with Gasteiger partial charge in [-0.2, -0.15) is 11.3 Å². The van der Waals surface area contributed by atoms with Gasteiger partial charge < -0.3 is 0 Å². The zero-order valence-electron chi connectivity index (χ0n) is 7.70. The maximum absolute atomic E-state index is 11.6. The molecule has 1 aromatic heterocycles. The van der Waals surface area contributed by atoms with Gasteiger partial charge in [0, 0.05) is 5.38 Å². The van der Waals surface area contributed by atoms with Gasteiger partial charge in [0.2, 0.25) is 10.0 Å². The van der Waals surface area contributed by atoms with Crippen LogP contribution in [-0.4, -0.2) is 14.3 Å². The largest absolute Gasteiger partial charge is 0.268 e. The first-order valence-corrected chi connectivity index (χ1v) is 6.42. The van der Waals surface area contributed by atoms with Crippen LogP contribution in [0.15, 0.2) is 10.8 Å². The third-order valence-electron chi connectivity index (χ3n) is 2.45. The first kappa shape index (κ1) is 9.67. The SMILES string of the molecule is CC1(C)c2cscc2C(=O)NS1(=O)=O. The van der Waals surface area contributed by atoms with E-state index in [9.17, 15) is 13.2 Å². The van der Waals surface area contributed by atoms with Gasteiger partial charge in [0.25, 0.3) is 5.91 Å². The Hall–Kier alpha value is -0.880. The number of hydrogen-bond acceptors (Lipinski definition) is 4. The van der Waals surface area contributed by atoms with Crippen LogP contribution in [0.2, 0.25) is 0 Å². The lowest BCUT2D eigenvalue weighted by molar-refractivity contribution is 0.0975. The molecule has 2 heterocycles. The minimum absolute atomic E-state index is 0.467. The van der Waals surface area contributed by atoms with Gasteiger partial charge in [-0.15, -0.1) is 0 Å². The lowest BCUT2D eigenvalue weighted by Gasteiger charge is -2.29. The van der Waals surface area contributed by atoms with E-state index in [4.69, 9.17) is 0 Å². The molecule has 1 N–H and O–H groups in total. The summed E-state index contributed by atoms with van der Waals surface area (Å²) in [6.07, 6.45) is 0. The van der Waals surface area contributed by atoms with Crippen molar-refractivity contribution in [2.45, 2.75) is 18.6 Å². The molecule has 1 aromatic rings. The molecule has 76 valence electrons. The van der Waals surface area contributed by atoms with Gasteiger partial charge in [-0.25, -0.2) is 13.1 Å². The Morgan fingerprint density at radius 2 is 2.00 bits per heavy atom. The highest BCUT2D eigenvalue weighted by atomic mass is 32.2. The molecule has 0 saturated heterocycles. The summed E-state index contributed by atoms with van der Waals surface area (Å²) < 4.78 is 24.3. The van der Waals surface area contributed by atoms with E-state index in [0.29, 0.717) is 11.1 Å². The van der Waals surface area contributed by atoms with Crippen molar-refractivity contribution in [3.8, 4) is 0 Å².